The second-order valence-electron chi connectivity index (χ2n) is 5.59. The molecule has 0 atom stereocenters. The summed E-state index contributed by atoms with van der Waals surface area (Å²) in [6.07, 6.45) is 12.9. The van der Waals surface area contributed by atoms with Gasteiger partial charge in [0.1, 0.15) is 0 Å². The third kappa shape index (κ3) is 6.06. The van der Waals surface area contributed by atoms with Gasteiger partial charge >= 0.3 is 0 Å². The lowest BCUT2D eigenvalue weighted by Crippen LogP contribution is -2.30. The van der Waals surface area contributed by atoms with Crippen LogP contribution in [-0.2, 0) is 4.79 Å². The zero-order chi connectivity index (χ0) is 12.7. The molecular formula is C14H27NO2. The van der Waals surface area contributed by atoms with Crippen LogP contribution >= 0.6 is 0 Å². The van der Waals surface area contributed by atoms with Gasteiger partial charge in [0, 0.05) is 13.0 Å². The van der Waals surface area contributed by atoms with Crippen molar-refractivity contribution in [3.05, 3.63) is 0 Å². The van der Waals surface area contributed by atoms with E-state index in [0.717, 1.165) is 18.8 Å². The predicted molar refractivity (Wildman–Crippen MR) is 69.8 cm³/mol. The second kappa shape index (κ2) is 7.70. The Morgan fingerprint density at radius 1 is 0.941 bits per heavy atom. The Hall–Kier alpha value is -0.570. The first-order valence-corrected chi connectivity index (χ1v) is 7.04. The van der Waals surface area contributed by atoms with Gasteiger partial charge in [-0.2, -0.15) is 0 Å². The molecule has 100 valence electrons. The van der Waals surface area contributed by atoms with E-state index in [1.54, 1.807) is 0 Å². The van der Waals surface area contributed by atoms with Crippen LogP contribution in [0.2, 0.25) is 0 Å². The molecule has 3 N–H and O–H groups in total. The Morgan fingerprint density at radius 2 is 1.35 bits per heavy atom. The molecule has 2 saturated carbocycles. The Kier molecular flexibility index (Phi) is 6.56. The summed E-state index contributed by atoms with van der Waals surface area (Å²) in [6, 6.07) is 0.528. The van der Waals surface area contributed by atoms with Crippen molar-refractivity contribution in [1.29, 1.82) is 0 Å². The van der Waals surface area contributed by atoms with E-state index in [2.05, 4.69) is 0 Å². The van der Waals surface area contributed by atoms with Gasteiger partial charge < -0.3 is 10.8 Å². The summed E-state index contributed by atoms with van der Waals surface area (Å²) in [6.45, 7) is 1.08. The van der Waals surface area contributed by atoms with Gasteiger partial charge in [-0.25, -0.2) is 0 Å². The van der Waals surface area contributed by atoms with Crippen LogP contribution in [0.1, 0.15) is 64.7 Å². The summed E-state index contributed by atoms with van der Waals surface area (Å²) >= 11 is 0. The normalized spacial score (nSPS) is 30.2. The van der Waals surface area contributed by atoms with Crippen LogP contribution < -0.4 is 5.73 Å². The summed E-state index contributed by atoms with van der Waals surface area (Å²) in [5, 5.41) is 7.42. The topological polar surface area (TPSA) is 63.3 Å². The molecule has 0 aromatic heterocycles. The molecule has 0 saturated heterocycles. The predicted octanol–water partition coefficient (Wildman–Crippen LogP) is 3.18. The average Bonchev–Trinajstić information content (AvgIpc) is 2.30. The number of rotatable bonds is 1. The van der Waals surface area contributed by atoms with Crippen molar-refractivity contribution in [2.24, 2.45) is 17.6 Å². The number of hydrogen-bond acceptors (Lipinski definition) is 2. The fraction of sp³-hybridized carbons (Fsp3) is 0.929. The number of carbonyl (C=O) groups is 1. The zero-order valence-electron chi connectivity index (χ0n) is 11.0. The molecule has 2 rings (SSSR count). The Bertz CT molecular complexity index is 212. The first-order valence-electron chi connectivity index (χ1n) is 7.04. The van der Waals surface area contributed by atoms with E-state index in [1.807, 2.05) is 0 Å². The Balaban J connectivity index is 0.000000317. The minimum absolute atomic E-state index is 0.528. The lowest BCUT2D eigenvalue weighted by atomic mass is 9.72. The van der Waals surface area contributed by atoms with Crippen LogP contribution in [-0.4, -0.2) is 17.1 Å². The highest BCUT2D eigenvalue weighted by molar-refractivity contribution is 5.62. The summed E-state index contributed by atoms with van der Waals surface area (Å²) in [5.41, 5.74) is 5.93. The fourth-order valence-corrected chi connectivity index (χ4v) is 3.22. The summed E-state index contributed by atoms with van der Waals surface area (Å²) in [4.78, 5) is 9.00. The van der Waals surface area contributed by atoms with Crippen molar-refractivity contribution in [2.75, 3.05) is 0 Å². The van der Waals surface area contributed by atoms with Crippen molar-refractivity contribution in [3.8, 4) is 0 Å². The van der Waals surface area contributed by atoms with E-state index >= 15 is 0 Å². The van der Waals surface area contributed by atoms with Gasteiger partial charge in [0.2, 0.25) is 0 Å². The monoisotopic (exact) mass is 241 g/mol. The SMILES string of the molecule is CC(=O)O.NC1CCC(C2CCCCC2)CC1. The number of aliphatic carboxylic acids is 1. The minimum Gasteiger partial charge on any atom is -0.481 e. The highest BCUT2D eigenvalue weighted by atomic mass is 16.4. The van der Waals surface area contributed by atoms with Crippen LogP contribution in [0.25, 0.3) is 0 Å². The first kappa shape index (κ1) is 14.5. The quantitative estimate of drug-likeness (QED) is 0.741. The van der Waals surface area contributed by atoms with Gasteiger partial charge in [0.15, 0.2) is 0 Å². The molecule has 0 unspecified atom stereocenters. The molecule has 0 aromatic carbocycles. The molecule has 0 spiro atoms. The van der Waals surface area contributed by atoms with E-state index in [4.69, 9.17) is 15.6 Å². The maximum atomic E-state index is 9.00. The van der Waals surface area contributed by atoms with E-state index in [-0.39, 0.29) is 0 Å². The van der Waals surface area contributed by atoms with Crippen LogP contribution in [0.4, 0.5) is 0 Å². The molecule has 2 fully saturated rings. The van der Waals surface area contributed by atoms with Gasteiger partial charge in [-0.15, -0.1) is 0 Å². The van der Waals surface area contributed by atoms with E-state index in [0.29, 0.717) is 6.04 Å². The van der Waals surface area contributed by atoms with Crippen molar-refractivity contribution < 1.29 is 9.90 Å². The number of carboxylic acids is 1. The number of hydrogen-bond donors (Lipinski definition) is 2. The molecule has 3 heteroatoms. The maximum absolute atomic E-state index is 9.00. The molecule has 0 bridgehead atoms. The van der Waals surface area contributed by atoms with Crippen molar-refractivity contribution in [3.63, 3.8) is 0 Å². The summed E-state index contributed by atoms with van der Waals surface area (Å²) < 4.78 is 0. The molecule has 0 radical (unpaired) electrons. The summed E-state index contributed by atoms with van der Waals surface area (Å²) in [5.74, 6) is 1.28. The molecule has 0 amide bonds. The van der Waals surface area contributed by atoms with Crippen LogP contribution in [0.5, 0.6) is 0 Å². The van der Waals surface area contributed by atoms with Gasteiger partial charge in [-0.1, -0.05) is 32.1 Å². The lowest BCUT2D eigenvalue weighted by Gasteiger charge is -2.34. The standard InChI is InChI=1S/C12H23N.C2H4O2/c13-12-8-6-11(7-9-12)10-4-2-1-3-5-10;1-2(3)4/h10-12H,1-9,13H2;1H3,(H,3,4). The Morgan fingerprint density at radius 3 is 1.82 bits per heavy atom. The van der Waals surface area contributed by atoms with Gasteiger partial charge in [-0.3, -0.25) is 4.79 Å². The van der Waals surface area contributed by atoms with Crippen LogP contribution in [0.15, 0.2) is 0 Å². The average molecular weight is 241 g/mol. The maximum Gasteiger partial charge on any atom is 0.300 e. The molecule has 2 aliphatic carbocycles. The van der Waals surface area contributed by atoms with Crippen molar-refractivity contribution in [2.45, 2.75) is 70.8 Å². The zero-order valence-corrected chi connectivity index (χ0v) is 11.0. The largest absolute Gasteiger partial charge is 0.481 e. The molecule has 2 aliphatic rings. The Labute approximate surface area is 105 Å². The van der Waals surface area contributed by atoms with Crippen molar-refractivity contribution in [1.82, 2.24) is 0 Å². The molecule has 0 aliphatic heterocycles. The third-order valence-corrected chi connectivity index (χ3v) is 4.13. The second-order valence-corrected chi connectivity index (χ2v) is 5.59. The van der Waals surface area contributed by atoms with Crippen LogP contribution in [0.3, 0.4) is 0 Å². The summed E-state index contributed by atoms with van der Waals surface area (Å²) in [7, 11) is 0. The molecule has 17 heavy (non-hydrogen) atoms. The van der Waals surface area contributed by atoms with Crippen molar-refractivity contribution >= 4 is 5.97 Å². The lowest BCUT2D eigenvalue weighted by molar-refractivity contribution is -0.134. The number of nitrogens with two attached hydrogens (primary N) is 1. The third-order valence-electron chi connectivity index (χ3n) is 4.13. The highest BCUT2D eigenvalue weighted by Gasteiger charge is 2.26. The van der Waals surface area contributed by atoms with Crippen LogP contribution in [0, 0.1) is 11.8 Å². The minimum atomic E-state index is -0.833. The van der Waals surface area contributed by atoms with E-state index in [1.165, 1.54) is 57.8 Å². The molecule has 0 heterocycles. The molecule has 3 nitrogen and oxygen atoms in total. The fourth-order valence-electron chi connectivity index (χ4n) is 3.22. The van der Waals surface area contributed by atoms with Gasteiger partial charge in [-0.05, 0) is 37.5 Å². The highest BCUT2D eigenvalue weighted by Crippen LogP contribution is 2.37. The number of carboxylic acid groups (broad SMARTS) is 1. The molecule has 0 aromatic rings. The smallest absolute Gasteiger partial charge is 0.300 e. The van der Waals surface area contributed by atoms with Gasteiger partial charge in [0.05, 0.1) is 0 Å². The van der Waals surface area contributed by atoms with Gasteiger partial charge in [0.25, 0.3) is 5.97 Å². The van der Waals surface area contributed by atoms with E-state index < -0.39 is 5.97 Å². The first-order chi connectivity index (χ1) is 8.09. The van der Waals surface area contributed by atoms with E-state index in [9.17, 15) is 0 Å². The molecular weight excluding hydrogens is 214 g/mol.